The zero-order chi connectivity index (χ0) is 14.7. The summed E-state index contributed by atoms with van der Waals surface area (Å²) in [5.74, 6) is -1.49. The van der Waals surface area contributed by atoms with Gasteiger partial charge in [0, 0.05) is 12.6 Å². The molecular weight excluding hydrogens is 262 g/mol. The van der Waals surface area contributed by atoms with Crippen LogP contribution in [0.3, 0.4) is 0 Å². The van der Waals surface area contributed by atoms with Crippen molar-refractivity contribution in [1.29, 1.82) is 0 Å². The van der Waals surface area contributed by atoms with Crippen LogP contribution in [0.1, 0.15) is 36.5 Å². The van der Waals surface area contributed by atoms with Gasteiger partial charge in [-0.05, 0) is 50.4 Å². The summed E-state index contributed by atoms with van der Waals surface area (Å²) < 4.78 is 27.0. The summed E-state index contributed by atoms with van der Waals surface area (Å²) in [6.45, 7) is 2.83. The standard InChI is InChI=1S/C15H20F2N2O/c1-2-19(14-5-3-4-10(14)9-18)15(20)12-8-11(16)6-7-13(12)17/h6-8,10,14H,2-5,9,18H2,1H3. The first kappa shape index (κ1) is 14.9. The van der Waals surface area contributed by atoms with Gasteiger partial charge in [-0.15, -0.1) is 0 Å². The number of benzene rings is 1. The maximum Gasteiger partial charge on any atom is 0.257 e. The Morgan fingerprint density at radius 1 is 1.40 bits per heavy atom. The average molecular weight is 282 g/mol. The van der Waals surface area contributed by atoms with E-state index in [1.54, 1.807) is 4.90 Å². The summed E-state index contributed by atoms with van der Waals surface area (Å²) in [5.41, 5.74) is 5.54. The third kappa shape index (κ3) is 2.82. The Labute approximate surface area is 117 Å². The predicted molar refractivity (Wildman–Crippen MR) is 73.3 cm³/mol. The summed E-state index contributed by atoms with van der Waals surface area (Å²) in [6, 6.07) is 3.00. The van der Waals surface area contributed by atoms with Gasteiger partial charge in [-0.1, -0.05) is 6.42 Å². The molecule has 1 amide bonds. The van der Waals surface area contributed by atoms with Crippen LogP contribution in [0.2, 0.25) is 0 Å². The van der Waals surface area contributed by atoms with Gasteiger partial charge in [-0.3, -0.25) is 4.79 Å². The molecule has 1 aromatic carbocycles. The molecule has 2 unspecified atom stereocenters. The number of hydrogen-bond donors (Lipinski definition) is 1. The van der Waals surface area contributed by atoms with Gasteiger partial charge in [0.2, 0.25) is 0 Å². The van der Waals surface area contributed by atoms with Gasteiger partial charge in [0.05, 0.1) is 5.56 Å². The Morgan fingerprint density at radius 3 is 2.80 bits per heavy atom. The van der Waals surface area contributed by atoms with Crippen molar-refractivity contribution in [2.75, 3.05) is 13.1 Å². The lowest BCUT2D eigenvalue weighted by atomic mass is 10.0. The van der Waals surface area contributed by atoms with Crippen LogP contribution in [0.4, 0.5) is 8.78 Å². The zero-order valence-corrected chi connectivity index (χ0v) is 11.6. The summed E-state index contributed by atoms with van der Waals surface area (Å²) in [7, 11) is 0. The number of amides is 1. The minimum Gasteiger partial charge on any atom is -0.336 e. The van der Waals surface area contributed by atoms with Crippen molar-refractivity contribution in [3.63, 3.8) is 0 Å². The van der Waals surface area contributed by atoms with Crippen LogP contribution in [-0.4, -0.2) is 29.9 Å². The molecule has 0 aliphatic heterocycles. The van der Waals surface area contributed by atoms with Gasteiger partial charge >= 0.3 is 0 Å². The van der Waals surface area contributed by atoms with E-state index < -0.39 is 17.5 Å². The highest BCUT2D eigenvalue weighted by Gasteiger charge is 2.34. The van der Waals surface area contributed by atoms with Gasteiger partial charge in [0.1, 0.15) is 11.6 Å². The van der Waals surface area contributed by atoms with Gasteiger partial charge in [0.25, 0.3) is 5.91 Å². The van der Waals surface area contributed by atoms with Crippen LogP contribution < -0.4 is 5.73 Å². The van der Waals surface area contributed by atoms with Crippen LogP contribution in [0.25, 0.3) is 0 Å². The molecule has 3 nitrogen and oxygen atoms in total. The SMILES string of the molecule is CCN(C(=O)c1cc(F)ccc1F)C1CCCC1CN. The maximum atomic E-state index is 13.7. The molecular formula is C15H20F2N2O. The normalized spacial score (nSPS) is 22.0. The highest BCUT2D eigenvalue weighted by Crippen LogP contribution is 2.30. The second-order valence-corrected chi connectivity index (χ2v) is 5.21. The van der Waals surface area contributed by atoms with E-state index in [1.165, 1.54) is 0 Å². The molecule has 0 spiro atoms. The molecule has 0 saturated heterocycles. The lowest BCUT2D eigenvalue weighted by molar-refractivity contribution is 0.0646. The predicted octanol–water partition coefficient (Wildman–Crippen LogP) is 2.55. The number of nitrogens with two attached hydrogens (primary N) is 1. The maximum absolute atomic E-state index is 13.7. The van der Waals surface area contributed by atoms with E-state index in [-0.39, 0.29) is 17.5 Å². The fourth-order valence-corrected chi connectivity index (χ4v) is 3.05. The van der Waals surface area contributed by atoms with Crippen molar-refractivity contribution in [3.05, 3.63) is 35.4 Å². The first-order chi connectivity index (χ1) is 9.58. The topological polar surface area (TPSA) is 46.3 Å². The van der Waals surface area contributed by atoms with Crippen LogP contribution in [0, 0.1) is 17.6 Å². The van der Waals surface area contributed by atoms with E-state index >= 15 is 0 Å². The lowest BCUT2D eigenvalue weighted by Gasteiger charge is -2.32. The summed E-state index contributed by atoms with van der Waals surface area (Å²) in [5, 5.41) is 0. The van der Waals surface area contributed by atoms with Gasteiger partial charge < -0.3 is 10.6 Å². The Hall–Kier alpha value is -1.49. The summed E-state index contributed by atoms with van der Waals surface area (Å²) in [6.07, 6.45) is 2.87. The van der Waals surface area contributed by atoms with E-state index in [9.17, 15) is 13.6 Å². The Bertz CT molecular complexity index is 493. The number of carbonyl (C=O) groups is 1. The molecule has 1 fully saturated rings. The molecule has 5 heteroatoms. The summed E-state index contributed by atoms with van der Waals surface area (Å²) in [4.78, 5) is 14.1. The monoisotopic (exact) mass is 282 g/mol. The molecule has 1 aliphatic carbocycles. The van der Waals surface area contributed by atoms with Crippen LogP contribution in [-0.2, 0) is 0 Å². The molecule has 0 aromatic heterocycles. The number of halogens is 2. The quantitative estimate of drug-likeness (QED) is 0.922. The molecule has 1 aliphatic rings. The van der Waals surface area contributed by atoms with Gasteiger partial charge in [-0.2, -0.15) is 0 Å². The van der Waals surface area contributed by atoms with E-state index in [2.05, 4.69) is 0 Å². The average Bonchev–Trinajstić information content (AvgIpc) is 2.90. The molecule has 2 N–H and O–H groups in total. The molecule has 20 heavy (non-hydrogen) atoms. The Kier molecular flexibility index (Phi) is 4.70. The Balaban J connectivity index is 2.27. The fraction of sp³-hybridized carbons (Fsp3) is 0.533. The second kappa shape index (κ2) is 6.31. The molecule has 2 rings (SSSR count). The van der Waals surface area contributed by atoms with E-state index in [4.69, 9.17) is 5.73 Å². The molecule has 0 heterocycles. The molecule has 1 saturated carbocycles. The van der Waals surface area contributed by atoms with Gasteiger partial charge in [0.15, 0.2) is 0 Å². The minimum absolute atomic E-state index is 0.0279. The molecule has 1 aromatic rings. The molecule has 0 bridgehead atoms. The van der Waals surface area contributed by atoms with E-state index in [1.807, 2.05) is 6.92 Å². The highest BCUT2D eigenvalue weighted by atomic mass is 19.1. The number of nitrogens with zero attached hydrogens (tertiary/aromatic N) is 1. The fourth-order valence-electron chi connectivity index (χ4n) is 3.05. The Morgan fingerprint density at radius 2 is 2.15 bits per heavy atom. The minimum atomic E-state index is -0.683. The van der Waals surface area contributed by atoms with Crippen molar-refractivity contribution >= 4 is 5.91 Å². The first-order valence-corrected chi connectivity index (χ1v) is 7.04. The largest absolute Gasteiger partial charge is 0.336 e. The molecule has 2 atom stereocenters. The zero-order valence-electron chi connectivity index (χ0n) is 11.6. The highest BCUT2D eigenvalue weighted by molar-refractivity contribution is 5.94. The smallest absolute Gasteiger partial charge is 0.257 e. The number of hydrogen-bond acceptors (Lipinski definition) is 2. The first-order valence-electron chi connectivity index (χ1n) is 7.04. The van der Waals surface area contributed by atoms with Crippen molar-refractivity contribution in [2.24, 2.45) is 11.7 Å². The van der Waals surface area contributed by atoms with Crippen LogP contribution in [0.15, 0.2) is 18.2 Å². The van der Waals surface area contributed by atoms with Crippen LogP contribution in [0.5, 0.6) is 0 Å². The van der Waals surface area contributed by atoms with Crippen molar-refractivity contribution in [1.82, 2.24) is 4.90 Å². The third-order valence-electron chi connectivity index (χ3n) is 4.08. The lowest BCUT2D eigenvalue weighted by Crippen LogP contribution is -2.44. The van der Waals surface area contributed by atoms with Crippen molar-refractivity contribution < 1.29 is 13.6 Å². The van der Waals surface area contributed by atoms with Crippen LogP contribution >= 0.6 is 0 Å². The number of rotatable bonds is 4. The van der Waals surface area contributed by atoms with Crippen molar-refractivity contribution in [2.45, 2.75) is 32.2 Å². The third-order valence-corrected chi connectivity index (χ3v) is 4.08. The molecule has 110 valence electrons. The summed E-state index contributed by atoms with van der Waals surface area (Å²) >= 11 is 0. The second-order valence-electron chi connectivity index (χ2n) is 5.21. The van der Waals surface area contributed by atoms with Crippen molar-refractivity contribution in [3.8, 4) is 0 Å². The molecule has 0 radical (unpaired) electrons. The number of carbonyl (C=O) groups excluding carboxylic acids is 1. The van der Waals surface area contributed by atoms with E-state index in [0.717, 1.165) is 37.5 Å². The van der Waals surface area contributed by atoms with E-state index in [0.29, 0.717) is 13.1 Å². The van der Waals surface area contributed by atoms with Gasteiger partial charge in [-0.25, -0.2) is 8.78 Å².